The second-order valence-corrected chi connectivity index (χ2v) is 5.37. The Hall–Kier alpha value is -1.91. The first kappa shape index (κ1) is 20.1. The molecule has 1 aliphatic heterocycles. The van der Waals surface area contributed by atoms with Gasteiger partial charge in [0.1, 0.15) is 5.69 Å². The minimum Gasteiger partial charge on any atom is -0.475 e. The third-order valence-electron chi connectivity index (χ3n) is 3.00. The van der Waals surface area contributed by atoms with Crippen LogP contribution in [0.2, 0.25) is 5.02 Å². The van der Waals surface area contributed by atoms with Crippen LogP contribution in [-0.4, -0.2) is 52.3 Å². The first-order valence-electron chi connectivity index (χ1n) is 6.82. The van der Waals surface area contributed by atoms with E-state index in [4.69, 9.17) is 27.2 Å². The van der Waals surface area contributed by atoms with Crippen molar-refractivity contribution in [2.75, 3.05) is 13.1 Å². The summed E-state index contributed by atoms with van der Waals surface area (Å²) in [6, 6.07) is 3.50. The molecule has 0 radical (unpaired) electrons. The van der Waals surface area contributed by atoms with Crippen molar-refractivity contribution in [3.05, 3.63) is 29.0 Å². The maximum atomic E-state index is 11.8. The number of carbonyl (C=O) groups excluding carboxylic acids is 1. The third kappa shape index (κ3) is 7.11. The van der Waals surface area contributed by atoms with Crippen LogP contribution in [0.4, 0.5) is 13.2 Å². The molecule has 24 heavy (non-hydrogen) atoms. The summed E-state index contributed by atoms with van der Waals surface area (Å²) in [4.78, 5) is 24.7. The number of carbonyl (C=O) groups is 2. The standard InChI is InChI=1S/C11H15ClN4O.C2HF3O2/c12-8-1-2-10(14-7-8)11(17)15-16-5-3-9(13)4-6-16;3-2(4,5)1(6)7/h1-2,7,9H,3-6,13H2,(H,15,17);(H,6,7). The number of hydrogen-bond acceptors (Lipinski definition) is 5. The highest BCUT2D eigenvalue weighted by atomic mass is 35.5. The number of nitrogens with two attached hydrogens (primary N) is 1. The molecule has 1 aliphatic rings. The number of alkyl halides is 3. The number of carboxylic acids is 1. The van der Waals surface area contributed by atoms with Crippen molar-refractivity contribution in [2.24, 2.45) is 5.73 Å². The summed E-state index contributed by atoms with van der Waals surface area (Å²) < 4.78 is 31.7. The van der Waals surface area contributed by atoms with E-state index in [2.05, 4.69) is 10.4 Å². The molecule has 134 valence electrons. The maximum absolute atomic E-state index is 11.8. The number of halogens is 4. The first-order chi connectivity index (χ1) is 11.1. The average molecular weight is 369 g/mol. The molecule has 0 unspecified atom stereocenters. The molecule has 7 nitrogen and oxygen atoms in total. The smallest absolute Gasteiger partial charge is 0.475 e. The van der Waals surface area contributed by atoms with Crippen molar-refractivity contribution in [2.45, 2.75) is 25.1 Å². The van der Waals surface area contributed by atoms with Gasteiger partial charge < -0.3 is 10.8 Å². The zero-order chi connectivity index (χ0) is 18.3. The molecule has 0 atom stereocenters. The highest BCUT2D eigenvalue weighted by Gasteiger charge is 2.38. The Labute approximate surface area is 140 Å². The van der Waals surface area contributed by atoms with Crippen molar-refractivity contribution >= 4 is 23.5 Å². The van der Waals surface area contributed by atoms with E-state index in [0.29, 0.717) is 10.7 Å². The number of carboxylic acid groups (broad SMARTS) is 1. The van der Waals surface area contributed by atoms with Gasteiger partial charge in [-0.1, -0.05) is 11.6 Å². The lowest BCUT2D eigenvalue weighted by molar-refractivity contribution is -0.192. The number of aliphatic carboxylic acids is 1. The van der Waals surface area contributed by atoms with E-state index in [-0.39, 0.29) is 11.9 Å². The number of hydrazine groups is 1. The zero-order valence-corrected chi connectivity index (χ0v) is 13.1. The molecule has 2 heterocycles. The summed E-state index contributed by atoms with van der Waals surface area (Å²) >= 11 is 5.71. The summed E-state index contributed by atoms with van der Waals surface area (Å²) in [6.07, 6.45) is -1.83. The molecular formula is C13H16ClF3N4O3. The van der Waals surface area contributed by atoms with Crippen LogP contribution in [0, 0.1) is 0 Å². The molecule has 1 aromatic heterocycles. The molecule has 0 saturated carbocycles. The van der Waals surface area contributed by atoms with Gasteiger partial charge >= 0.3 is 12.1 Å². The van der Waals surface area contributed by atoms with Crippen LogP contribution in [0.15, 0.2) is 18.3 Å². The van der Waals surface area contributed by atoms with Crippen molar-refractivity contribution in [3.8, 4) is 0 Å². The highest BCUT2D eigenvalue weighted by Crippen LogP contribution is 2.13. The van der Waals surface area contributed by atoms with E-state index in [9.17, 15) is 18.0 Å². The highest BCUT2D eigenvalue weighted by molar-refractivity contribution is 6.30. The van der Waals surface area contributed by atoms with E-state index >= 15 is 0 Å². The van der Waals surface area contributed by atoms with Gasteiger partial charge in [-0.2, -0.15) is 13.2 Å². The van der Waals surface area contributed by atoms with Gasteiger partial charge in [0, 0.05) is 25.3 Å². The van der Waals surface area contributed by atoms with Crippen LogP contribution < -0.4 is 11.2 Å². The fourth-order valence-corrected chi connectivity index (χ4v) is 1.83. The Kier molecular flexibility index (Phi) is 7.39. The third-order valence-corrected chi connectivity index (χ3v) is 3.23. The molecule has 1 aromatic rings. The molecule has 11 heteroatoms. The fraction of sp³-hybridized carbons (Fsp3) is 0.462. The van der Waals surface area contributed by atoms with E-state index in [0.717, 1.165) is 25.9 Å². The lowest BCUT2D eigenvalue weighted by Gasteiger charge is -2.29. The molecule has 0 bridgehead atoms. The number of rotatable bonds is 2. The van der Waals surface area contributed by atoms with Gasteiger partial charge in [-0.25, -0.2) is 14.8 Å². The van der Waals surface area contributed by atoms with Gasteiger partial charge in [0.25, 0.3) is 5.91 Å². The van der Waals surface area contributed by atoms with Crippen molar-refractivity contribution < 1.29 is 27.9 Å². The molecule has 0 aromatic carbocycles. The van der Waals surface area contributed by atoms with Crippen molar-refractivity contribution in [3.63, 3.8) is 0 Å². The Morgan fingerprint density at radius 3 is 2.29 bits per heavy atom. The number of hydrogen-bond donors (Lipinski definition) is 3. The van der Waals surface area contributed by atoms with Gasteiger partial charge in [-0.05, 0) is 25.0 Å². The predicted molar refractivity (Wildman–Crippen MR) is 79.2 cm³/mol. The number of nitrogens with one attached hydrogen (secondary N) is 1. The minimum atomic E-state index is -5.08. The lowest BCUT2D eigenvalue weighted by atomic mass is 10.1. The van der Waals surface area contributed by atoms with E-state index in [1.807, 2.05) is 5.01 Å². The van der Waals surface area contributed by atoms with E-state index in [1.54, 1.807) is 12.1 Å². The van der Waals surface area contributed by atoms with Crippen molar-refractivity contribution in [1.29, 1.82) is 0 Å². The first-order valence-corrected chi connectivity index (χ1v) is 7.20. The van der Waals surface area contributed by atoms with Crippen LogP contribution in [-0.2, 0) is 4.79 Å². The van der Waals surface area contributed by atoms with Gasteiger partial charge in [0.05, 0.1) is 5.02 Å². The monoisotopic (exact) mass is 368 g/mol. The molecule has 1 fully saturated rings. The Morgan fingerprint density at radius 1 is 1.33 bits per heavy atom. The average Bonchev–Trinajstić information content (AvgIpc) is 2.50. The second kappa shape index (κ2) is 8.81. The summed E-state index contributed by atoms with van der Waals surface area (Å²) in [5.41, 5.74) is 8.96. The number of amides is 1. The lowest BCUT2D eigenvalue weighted by Crippen LogP contribution is -2.49. The van der Waals surface area contributed by atoms with E-state index < -0.39 is 12.1 Å². The molecule has 0 aliphatic carbocycles. The zero-order valence-electron chi connectivity index (χ0n) is 12.4. The minimum absolute atomic E-state index is 0.211. The summed E-state index contributed by atoms with van der Waals surface area (Å²) in [5.74, 6) is -2.97. The van der Waals surface area contributed by atoms with Crippen LogP contribution in [0.3, 0.4) is 0 Å². The number of pyridine rings is 1. The predicted octanol–water partition coefficient (Wildman–Crippen LogP) is 1.44. The quantitative estimate of drug-likeness (QED) is 0.729. The second-order valence-electron chi connectivity index (χ2n) is 4.93. The summed E-state index contributed by atoms with van der Waals surface area (Å²) in [6.45, 7) is 1.56. The molecule has 1 amide bonds. The summed E-state index contributed by atoms with van der Waals surface area (Å²) in [5, 5.41) is 9.52. The molecule has 1 saturated heterocycles. The van der Waals surface area contributed by atoms with Crippen molar-refractivity contribution in [1.82, 2.24) is 15.4 Å². The number of nitrogens with zero attached hydrogens (tertiary/aromatic N) is 2. The topological polar surface area (TPSA) is 109 Å². The Morgan fingerprint density at radius 2 is 1.88 bits per heavy atom. The number of piperidine rings is 1. The van der Waals surface area contributed by atoms with Gasteiger partial charge in [-0.3, -0.25) is 10.2 Å². The largest absolute Gasteiger partial charge is 0.490 e. The van der Waals surface area contributed by atoms with Crippen LogP contribution in [0.5, 0.6) is 0 Å². The SMILES string of the molecule is NC1CCN(NC(=O)c2ccc(Cl)cn2)CC1.O=C(O)C(F)(F)F. The Balaban J connectivity index is 0.000000351. The fourth-order valence-electron chi connectivity index (χ4n) is 1.72. The molecule has 0 spiro atoms. The van der Waals surface area contributed by atoms with Gasteiger partial charge in [0.15, 0.2) is 0 Å². The maximum Gasteiger partial charge on any atom is 0.490 e. The van der Waals surface area contributed by atoms with Crippen LogP contribution in [0.25, 0.3) is 0 Å². The molecular weight excluding hydrogens is 353 g/mol. The number of aromatic nitrogens is 1. The summed E-state index contributed by atoms with van der Waals surface area (Å²) in [7, 11) is 0. The van der Waals surface area contributed by atoms with Gasteiger partial charge in [0.2, 0.25) is 0 Å². The van der Waals surface area contributed by atoms with Gasteiger partial charge in [-0.15, -0.1) is 0 Å². The Bertz CT molecular complexity index is 561. The molecule has 2 rings (SSSR count). The molecule has 4 N–H and O–H groups in total. The normalized spacial score (nSPS) is 16.0. The van der Waals surface area contributed by atoms with Crippen LogP contribution in [0.1, 0.15) is 23.3 Å². The van der Waals surface area contributed by atoms with E-state index in [1.165, 1.54) is 6.20 Å². The van der Waals surface area contributed by atoms with Crippen LogP contribution >= 0.6 is 11.6 Å².